The molecule has 0 amide bonds. The van der Waals surface area contributed by atoms with Crippen LogP contribution in [0.25, 0.3) is 0 Å². The van der Waals surface area contributed by atoms with Gasteiger partial charge in [0.25, 0.3) is 0 Å². The molecule has 1 heterocycles. The summed E-state index contributed by atoms with van der Waals surface area (Å²) >= 11 is 0. The number of rotatable bonds is 4. The zero-order chi connectivity index (χ0) is 12.4. The fraction of sp³-hybridized carbons (Fsp3) is 0.625. The fourth-order valence-electron chi connectivity index (χ4n) is 2.84. The standard InChI is InChI=1S/C16H23NO/c1-12-4-2-5-14-15(6-3-11-18-16(12)14)17-10-9-13-7-8-13/h2,4-5,13,15,17H,3,6-11H2,1H3. The molecule has 2 aliphatic rings. The highest BCUT2D eigenvalue weighted by Crippen LogP contribution is 2.35. The predicted octanol–water partition coefficient (Wildman–Crippen LogP) is 3.60. The number of ether oxygens (including phenoxy) is 1. The van der Waals surface area contributed by atoms with Crippen molar-refractivity contribution in [3.05, 3.63) is 29.3 Å². The molecule has 98 valence electrons. The quantitative estimate of drug-likeness (QED) is 0.875. The van der Waals surface area contributed by atoms with Crippen LogP contribution in [0.2, 0.25) is 0 Å². The van der Waals surface area contributed by atoms with Crippen molar-refractivity contribution in [1.82, 2.24) is 5.32 Å². The SMILES string of the molecule is Cc1cccc2c1OCCCC2NCCC1CC1. The van der Waals surface area contributed by atoms with Crippen molar-refractivity contribution in [3.63, 3.8) is 0 Å². The van der Waals surface area contributed by atoms with Crippen LogP contribution >= 0.6 is 0 Å². The van der Waals surface area contributed by atoms with Crippen LogP contribution in [0.5, 0.6) is 5.75 Å². The summed E-state index contributed by atoms with van der Waals surface area (Å²) in [6.07, 6.45) is 6.59. The van der Waals surface area contributed by atoms with Gasteiger partial charge in [-0.3, -0.25) is 0 Å². The molecular weight excluding hydrogens is 222 g/mol. The Kier molecular flexibility index (Phi) is 3.55. The minimum atomic E-state index is 0.487. The van der Waals surface area contributed by atoms with E-state index >= 15 is 0 Å². The summed E-state index contributed by atoms with van der Waals surface area (Å²) in [4.78, 5) is 0. The summed E-state index contributed by atoms with van der Waals surface area (Å²) in [6.45, 7) is 4.16. The lowest BCUT2D eigenvalue weighted by atomic mass is 9.99. The Labute approximate surface area is 110 Å². The van der Waals surface area contributed by atoms with E-state index in [4.69, 9.17) is 4.74 Å². The van der Waals surface area contributed by atoms with E-state index < -0.39 is 0 Å². The lowest BCUT2D eigenvalue weighted by Crippen LogP contribution is -2.22. The predicted molar refractivity (Wildman–Crippen MR) is 74.0 cm³/mol. The molecule has 0 spiro atoms. The normalized spacial score (nSPS) is 23.1. The summed E-state index contributed by atoms with van der Waals surface area (Å²) in [5.41, 5.74) is 2.63. The molecule has 0 saturated heterocycles. The molecule has 3 rings (SSSR count). The van der Waals surface area contributed by atoms with Gasteiger partial charge in [0, 0.05) is 11.6 Å². The van der Waals surface area contributed by atoms with Crippen molar-refractivity contribution in [1.29, 1.82) is 0 Å². The van der Waals surface area contributed by atoms with Gasteiger partial charge in [-0.15, -0.1) is 0 Å². The molecule has 0 bridgehead atoms. The van der Waals surface area contributed by atoms with E-state index in [0.717, 1.165) is 31.2 Å². The van der Waals surface area contributed by atoms with Crippen LogP contribution in [0.3, 0.4) is 0 Å². The Hall–Kier alpha value is -1.02. The number of hydrogen-bond acceptors (Lipinski definition) is 2. The molecule has 1 aromatic carbocycles. The minimum Gasteiger partial charge on any atom is -0.493 e. The molecule has 2 heteroatoms. The molecule has 18 heavy (non-hydrogen) atoms. The lowest BCUT2D eigenvalue weighted by Gasteiger charge is -2.19. The summed E-state index contributed by atoms with van der Waals surface area (Å²) in [7, 11) is 0. The Balaban J connectivity index is 1.71. The molecule has 1 fully saturated rings. The third kappa shape index (κ3) is 2.69. The van der Waals surface area contributed by atoms with Crippen LogP contribution in [-0.4, -0.2) is 13.2 Å². The average Bonchev–Trinajstić information content (AvgIpc) is 3.18. The molecule has 1 aliphatic carbocycles. The summed E-state index contributed by atoms with van der Waals surface area (Å²) in [6, 6.07) is 7.01. The smallest absolute Gasteiger partial charge is 0.126 e. The highest BCUT2D eigenvalue weighted by Gasteiger charge is 2.23. The second kappa shape index (κ2) is 5.31. The Morgan fingerprint density at radius 2 is 2.17 bits per heavy atom. The van der Waals surface area contributed by atoms with Crippen LogP contribution in [-0.2, 0) is 0 Å². The number of fused-ring (bicyclic) bond motifs is 1. The Bertz CT molecular complexity index is 412. The van der Waals surface area contributed by atoms with Crippen molar-refractivity contribution >= 4 is 0 Å². The summed E-state index contributed by atoms with van der Waals surface area (Å²) in [5.74, 6) is 2.13. The van der Waals surface area contributed by atoms with Crippen LogP contribution in [0, 0.1) is 12.8 Å². The summed E-state index contributed by atoms with van der Waals surface area (Å²) < 4.78 is 5.91. The molecular formula is C16H23NO. The van der Waals surface area contributed by atoms with Crippen LogP contribution in [0.15, 0.2) is 18.2 Å². The molecule has 1 unspecified atom stereocenters. The number of nitrogens with one attached hydrogen (secondary N) is 1. The van der Waals surface area contributed by atoms with E-state index in [9.17, 15) is 0 Å². The second-order valence-corrected chi connectivity index (χ2v) is 5.72. The van der Waals surface area contributed by atoms with E-state index in [1.165, 1.54) is 36.8 Å². The first-order valence-corrected chi connectivity index (χ1v) is 7.30. The van der Waals surface area contributed by atoms with Gasteiger partial charge in [-0.1, -0.05) is 31.0 Å². The van der Waals surface area contributed by atoms with Gasteiger partial charge in [-0.25, -0.2) is 0 Å². The van der Waals surface area contributed by atoms with Crippen molar-refractivity contribution in [2.24, 2.45) is 5.92 Å². The van der Waals surface area contributed by atoms with Crippen molar-refractivity contribution in [2.75, 3.05) is 13.2 Å². The number of benzene rings is 1. The molecule has 0 radical (unpaired) electrons. The van der Waals surface area contributed by atoms with E-state index in [0.29, 0.717) is 6.04 Å². The number of hydrogen-bond donors (Lipinski definition) is 1. The van der Waals surface area contributed by atoms with Crippen LogP contribution < -0.4 is 10.1 Å². The maximum absolute atomic E-state index is 5.91. The third-order valence-electron chi connectivity index (χ3n) is 4.14. The van der Waals surface area contributed by atoms with Gasteiger partial charge in [0.05, 0.1) is 6.61 Å². The largest absolute Gasteiger partial charge is 0.493 e. The van der Waals surface area contributed by atoms with Gasteiger partial charge in [-0.05, 0) is 44.2 Å². The molecule has 0 aromatic heterocycles. The van der Waals surface area contributed by atoms with E-state index in [2.05, 4.69) is 30.4 Å². The van der Waals surface area contributed by atoms with Crippen LogP contribution in [0.4, 0.5) is 0 Å². The van der Waals surface area contributed by atoms with Gasteiger partial charge < -0.3 is 10.1 Å². The Morgan fingerprint density at radius 1 is 1.28 bits per heavy atom. The molecule has 1 N–H and O–H groups in total. The first-order chi connectivity index (χ1) is 8.84. The van der Waals surface area contributed by atoms with Gasteiger partial charge in [-0.2, -0.15) is 0 Å². The maximum Gasteiger partial charge on any atom is 0.126 e. The first-order valence-electron chi connectivity index (χ1n) is 7.30. The van der Waals surface area contributed by atoms with Gasteiger partial charge in [0.2, 0.25) is 0 Å². The zero-order valence-corrected chi connectivity index (χ0v) is 11.2. The van der Waals surface area contributed by atoms with E-state index in [1.54, 1.807) is 0 Å². The highest BCUT2D eigenvalue weighted by atomic mass is 16.5. The van der Waals surface area contributed by atoms with E-state index in [-0.39, 0.29) is 0 Å². The highest BCUT2D eigenvalue weighted by molar-refractivity contribution is 5.43. The van der Waals surface area contributed by atoms with Gasteiger partial charge in [0.15, 0.2) is 0 Å². The van der Waals surface area contributed by atoms with Gasteiger partial charge >= 0.3 is 0 Å². The second-order valence-electron chi connectivity index (χ2n) is 5.72. The van der Waals surface area contributed by atoms with Crippen molar-refractivity contribution in [2.45, 2.75) is 45.1 Å². The Morgan fingerprint density at radius 3 is 3.00 bits per heavy atom. The molecule has 1 aromatic rings. The van der Waals surface area contributed by atoms with E-state index in [1.807, 2.05) is 0 Å². The number of aryl methyl sites for hydroxylation is 1. The fourth-order valence-corrected chi connectivity index (χ4v) is 2.84. The first kappa shape index (κ1) is 12.0. The topological polar surface area (TPSA) is 21.3 Å². The monoisotopic (exact) mass is 245 g/mol. The molecule has 1 atom stereocenters. The molecule has 1 saturated carbocycles. The molecule has 1 aliphatic heterocycles. The lowest BCUT2D eigenvalue weighted by molar-refractivity contribution is 0.313. The summed E-state index contributed by atoms with van der Waals surface area (Å²) in [5, 5.41) is 3.74. The average molecular weight is 245 g/mol. The maximum atomic E-state index is 5.91. The third-order valence-corrected chi connectivity index (χ3v) is 4.14. The van der Waals surface area contributed by atoms with Crippen LogP contribution in [0.1, 0.15) is 49.3 Å². The minimum absolute atomic E-state index is 0.487. The van der Waals surface area contributed by atoms with Crippen molar-refractivity contribution < 1.29 is 4.74 Å². The van der Waals surface area contributed by atoms with Crippen molar-refractivity contribution in [3.8, 4) is 5.75 Å². The zero-order valence-electron chi connectivity index (χ0n) is 11.2. The molecule has 2 nitrogen and oxygen atoms in total. The van der Waals surface area contributed by atoms with Gasteiger partial charge in [0.1, 0.15) is 5.75 Å². The number of para-hydroxylation sites is 1.